The average Bonchev–Trinajstić information content (AvgIpc) is 3.55. The van der Waals surface area contributed by atoms with Crippen LogP contribution in [-0.2, 0) is 21.4 Å². The quantitative estimate of drug-likeness (QED) is 0.656. The van der Waals surface area contributed by atoms with Crippen LogP contribution in [0.2, 0.25) is 0 Å². The second-order valence-electron chi connectivity index (χ2n) is 8.71. The Hall–Kier alpha value is -1.58. The fraction of sp³-hybridized carbons (Fsp3) is 0.762. The summed E-state index contributed by atoms with van der Waals surface area (Å²) in [5, 5.41) is 0. The van der Waals surface area contributed by atoms with E-state index < -0.39 is 10.2 Å². The molecule has 0 bridgehead atoms. The number of aromatic nitrogens is 2. The molecule has 1 amide bonds. The van der Waals surface area contributed by atoms with Crippen molar-refractivity contribution in [2.24, 2.45) is 5.92 Å². The van der Waals surface area contributed by atoms with Crippen LogP contribution in [0.15, 0.2) is 0 Å². The van der Waals surface area contributed by atoms with Gasteiger partial charge in [0.25, 0.3) is 10.2 Å². The number of aryl methyl sites for hydroxylation is 1. The zero-order chi connectivity index (χ0) is 21.5. The van der Waals surface area contributed by atoms with Gasteiger partial charge in [0.2, 0.25) is 5.91 Å². The first-order valence-electron chi connectivity index (χ1n) is 11.3. The Morgan fingerprint density at radius 2 is 1.83 bits per heavy atom. The van der Waals surface area contributed by atoms with Crippen molar-refractivity contribution in [1.82, 2.24) is 18.6 Å². The Labute approximate surface area is 179 Å². The van der Waals surface area contributed by atoms with Crippen LogP contribution < -0.4 is 4.90 Å². The van der Waals surface area contributed by atoms with Gasteiger partial charge in [-0.15, -0.1) is 0 Å². The van der Waals surface area contributed by atoms with E-state index in [1.54, 1.807) is 4.31 Å². The van der Waals surface area contributed by atoms with E-state index in [2.05, 4.69) is 0 Å². The van der Waals surface area contributed by atoms with E-state index in [1.165, 1.54) is 17.1 Å². The van der Waals surface area contributed by atoms with Gasteiger partial charge in [0, 0.05) is 56.3 Å². The Morgan fingerprint density at radius 1 is 1.10 bits per heavy atom. The normalized spacial score (nSPS) is 23.1. The summed E-state index contributed by atoms with van der Waals surface area (Å²) in [4.78, 5) is 24.1. The van der Waals surface area contributed by atoms with Crippen molar-refractivity contribution >= 4 is 21.9 Å². The number of carbonyl (C=O) groups is 1. The molecule has 0 spiro atoms. The van der Waals surface area contributed by atoms with Gasteiger partial charge in [0.15, 0.2) is 0 Å². The number of carbonyl (C=O) groups excluding carboxylic acids is 1. The standard InChI is InChI=1S/C21H33N5O3S/c1-4-24(5-2)30(28,29)25-12-6-7-17(14-25)20-22-15(3)18-10-11-19(27)26(21(18)23-20)13-16-8-9-16/h16-17H,4-14H2,1-3H3. The van der Waals surface area contributed by atoms with Gasteiger partial charge in [0.05, 0.1) is 0 Å². The third-order valence-electron chi connectivity index (χ3n) is 6.60. The zero-order valence-electron chi connectivity index (χ0n) is 18.3. The van der Waals surface area contributed by atoms with Crippen molar-refractivity contribution in [3.05, 3.63) is 17.1 Å². The molecule has 166 valence electrons. The predicted octanol–water partition coefficient (Wildman–Crippen LogP) is 2.24. The molecule has 1 aliphatic carbocycles. The van der Waals surface area contributed by atoms with Crippen molar-refractivity contribution in [3.63, 3.8) is 0 Å². The molecule has 0 radical (unpaired) electrons. The molecule has 1 aromatic rings. The Balaban J connectivity index is 1.62. The maximum Gasteiger partial charge on any atom is 0.281 e. The van der Waals surface area contributed by atoms with Crippen molar-refractivity contribution in [3.8, 4) is 0 Å². The number of hydrogen-bond acceptors (Lipinski definition) is 5. The minimum Gasteiger partial charge on any atom is -0.296 e. The van der Waals surface area contributed by atoms with Gasteiger partial charge in [-0.05, 0) is 44.9 Å². The van der Waals surface area contributed by atoms with E-state index >= 15 is 0 Å². The molecule has 1 saturated carbocycles. The number of rotatable bonds is 7. The molecule has 2 fully saturated rings. The third-order valence-corrected chi connectivity index (χ3v) is 8.75. The van der Waals surface area contributed by atoms with Crippen LogP contribution in [0.1, 0.15) is 69.0 Å². The fourth-order valence-corrected chi connectivity index (χ4v) is 6.32. The highest BCUT2D eigenvalue weighted by Crippen LogP contribution is 2.36. The highest BCUT2D eigenvalue weighted by Gasteiger charge is 2.36. The lowest BCUT2D eigenvalue weighted by Gasteiger charge is -2.35. The van der Waals surface area contributed by atoms with Crippen molar-refractivity contribution in [2.45, 2.75) is 65.2 Å². The first kappa shape index (κ1) is 21.6. The van der Waals surface area contributed by atoms with E-state index in [9.17, 15) is 13.2 Å². The summed E-state index contributed by atoms with van der Waals surface area (Å²) in [6.07, 6.45) is 5.21. The molecular weight excluding hydrogens is 402 g/mol. The van der Waals surface area contributed by atoms with Crippen LogP contribution in [0.25, 0.3) is 0 Å². The Bertz CT molecular complexity index is 911. The molecule has 2 aliphatic heterocycles. The highest BCUT2D eigenvalue weighted by molar-refractivity contribution is 7.86. The van der Waals surface area contributed by atoms with Gasteiger partial charge in [0.1, 0.15) is 11.6 Å². The molecule has 1 unspecified atom stereocenters. The maximum atomic E-state index is 13.0. The number of anilines is 1. The molecule has 0 aromatic carbocycles. The first-order chi connectivity index (χ1) is 14.3. The van der Waals surface area contributed by atoms with Crippen LogP contribution in [0.3, 0.4) is 0 Å². The smallest absolute Gasteiger partial charge is 0.281 e. The minimum absolute atomic E-state index is 0.0482. The highest BCUT2D eigenvalue weighted by atomic mass is 32.2. The van der Waals surface area contributed by atoms with Crippen molar-refractivity contribution < 1.29 is 13.2 Å². The largest absolute Gasteiger partial charge is 0.296 e. The fourth-order valence-electron chi connectivity index (χ4n) is 4.61. The molecular formula is C21H33N5O3S. The third kappa shape index (κ3) is 4.11. The number of amides is 1. The topological polar surface area (TPSA) is 86.7 Å². The molecule has 3 heterocycles. The molecule has 3 aliphatic rings. The van der Waals surface area contributed by atoms with E-state index in [0.29, 0.717) is 50.8 Å². The van der Waals surface area contributed by atoms with E-state index in [0.717, 1.165) is 36.5 Å². The van der Waals surface area contributed by atoms with Crippen LogP contribution in [0, 0.1) is 12.8 Å². The van der Waals surface area contributed by atoms with Gasteiger partial charge >= 0.3 is 0 Å². The summed E-state index contributed by atoms with van der Waals surface area (Å²) < 4.78 is 29.1. The second-order valence-corrected chi connectivity index (χ2v) is 10.6. The number of fused-ring (bicyclic) bond motifs is 1. The lowest BCUT2D eigenvalue weighted by Crippen LogP contribution is -2.47. The maximum absolute atomic E-state index is 13.0. The lowest BCUT2D eigenvalue weighted by molar-refractivity contribution is -0.119. The van der Waals surface area contributed by atoms with Crippen LogP contribution in [-0.4, -0.2) is 65.6 Å². The number of piperidine rings is 1. The molecule has 1 aromatic heterocycles. The summed E-state index contributed by atoms with van der Waals surface area (Å²) in [7, 11) is -3.47. The van der Waals surface area contributed by atoms with E-state index in [1.807, 2.05) is 25.7 Å². The molecule has 30 heavy (non-hydrogen) atoms. The van der Waals surface area contributed by atoms with Gasteiger partial charge in [-0.2, -0.15) is 17.0 Å². The first-order valence-corrected chi connectivity index (χ1v) is 12.7. The second kappa shape index (κ2) is 8.51. The molecule has 4 rings (SSSR count). The minimum atomic E-state index is -3.47. The Morgan fingerprint density at radius 3 is 2.50 bits per heavy atom. The van der Waals surface area contributed by atoms with Crippen LogP contribution in [0.4, 0.5) is 5.82 Å². The van der Waals surface area contributed by atoms with Gasteiger partial charge in [-0.3, -0.25) is 9.69 Å². The summed E-state index contributed by atoms with van der Waals surface area (Å²) in [6.45, 7) is 8.32. The van der Waals surface area contributed by atoms with Crippen molar-refractivity contribution in [2.75, 3.05) is 37.6 Å². The van der Waals surface area contributed by atoms with Gasteiger partial charge in [-0.1, -0.05) is 13.8 Å². The van der Waals surface area contributed by atoms with Crippen LogP contribution in [0.5, 0.6) is 0 Å². The predicted molar refractivity (Wildman–Crippen MR) is 116 cm³/mol. The van der Waals surface area contributed by atoms with Crippen molar-refractivity contribution in [1.29, 1.82) is 0 Å². The summed E-state index contributed by atoms with van der Waals surface area (Å²) >= 11 is 0. The molecule has 9 heteroatoms. The van der Waals surface area contributed by atoms with Gasteiger partial charge in [-0.25, -0.2) is 9.97 Å². The lowest BCUT2D eigenvalue weighted by atomic mass is 9.97. The summed E-state index contributed by atoms with van der Waals surface area (Å²) in [5.41, 5.74) is 1.99. The molecule has 1 saturated heterocycles. The van der Waals surface area contributed by atoms with E-state index in [4.69, 9.17) is 9.97 Å². The monoisotopic (exact) mass is 435 g/mol. The zero-order valence-corrected chi connectivity index (χ0v) is 19.1. The molecule has 8 nitrogen and oxygen atoms in total. The molecule has 0 N–H and O–H groups in total. The summed E-state index contributed by atoms with van der Waals surface area (Å²) in [5.74, 6) is 2.13. The van der Waals surface area contributed by atoms with Crippen LogP contribution >= 0.6 is 0 Å². The summed E-state index contributed by atoms with van der Waals surface area (Å²) in [6, 6.07) is 0. The number of hydrogen-bond donors (Lipinski definition) is 0. The Kier molecular flexibility index (Phi) is 6.14. The number of nitrogens with zero attached hydrogens (tertiary/aromatic N) is 5. The molecule has 1 atom stereocenters. The van der Waals surface area contributed by atoms with Gasteiger partial charge < -0.3 is 0 Å². The SMILES string of the molecule is CCN(CC)S(=O)(=O)N1CCCC(c2nc(C)c3c(n2)N(CC2CC2)C(=O)CC3)C1. The average molecular weight is 436 g/mol. The van der Waals surface area contributed by atoms with E-state index in [-0.39, 0.29) is 11.8 Å².